The summed E-state index contributed by atoms with van der Waals surface area (Å²) in [4.78, 5) is 21.5. The number of aromatic nitrogens is 2. The van der Waals surface area contributed by atoms with Crippen LogP contribution in [0.1, 0.15) is 11.3 Å². The zero-order valence-corrected chi connectivity index (χ0v) is 9.23. The number of aliphatic hydroxyl groups is 1. The second kappa shape index (κ2) is 5.85. The van der Waals surface area contributed by atoms with Gasteiger partial charge in [0.1, 0.15) is 0 Å². The molecular weight excluding hydrogens is 228 g/mol. The fraction of sp³-hybridized carbons (Fsp3) is 0.444. The highest BCUT2D eigenvalue weighted by Gasteiger charge is 2.13. The van der Waals surface area contributed by atoms with Crippen molar-refractivity contribution in [3.8, 4) is 0 Å². The van der Waals surface area contributed by atoms with Crippen molar-refractivity contribution in [2.45, 2.75) is 19.6 Å². The van der Waals surface area contributed by atoms with Crippen molar-refractivity contribution in [2.75, 3.05) is 6.54 Å². The Hall–Kier alpha value is -2.09. The largest absolute Gasteiger partial charge is 0.479 e. The maximum Gasteiger partial charge on any atom is 0.334 e. The van der Waals surface area contributed by atoms with Crippen LogP contribution < -0.4 is 10.6 Å². The summed E-state index contributed by atoms with van der Waals surface area (Å²) in [6.45, 7) is 1.75. The zero-order chi connectivity index (χ0) is 12.8. The van der Waals surface area contributed by atoms with E-state index in [0.717, 1.165) is 11.3 Å². The molecule has 0 saturated heterocycles. The van der Waals surface area contributed by atoms with Crippen LogP contribution in [-0.2, 0) is 11.3 Å². The summed E-state index contributed by atoms with van der Waals surface area (Å²) >= 11 is 0. The first-order chi connectivity index (χ1) is 8.00. The summed E-state index contributed by atoms with van der Waals surface area (Å²) < 4.78 is 0. The van der Waals surface area contributed by atoms with Crippen molar-refractivity contribution in [3.63, 3.8) is 0 Å². The molecule has 1 atom stereocenters. The number of aliphatic hydroxyl groups excluding tert-OH is 1. The number of rotatable bonds is 5. The van der Waals surface area contributed by atoms with E-state index in [2.05, 4.69) is 20.8 Å². The van der Waals surface area contributed by atoms with E-state index in [0.29, 0.717) is 0 Å². The Labute approximate surface area is 97.0 Å². The molecule has 0 radical (unpaired) electrons. The summed E-state index contributed by atoms with van der Waals surface area (Å²) in [5, 5.41) is 28.5. The maximum absolute atomic E-state index is 11.2. The summed E-state index contributed by atoms with van der Waals surface area (Å²) in [5.41, 5.74) is 1.68. The summed E-state index contributed by atoms with van der Waals surface area (Å²) in [6.07, 6.45) is -0.0155. The van der Waals surface area contributed by atoms with Crippen LogP contribution >= 0.6 is 0 Å². The zero-order valence-electron chi connectivity index (χ0n) is 9.23. The number of nitrogens with one attached hydrogen (secondary N) is 3. The molecule has 1 rings (SSSR count). The predicted octanol–water partition coefficient (Wildman–Crippen LogP) is -1.04. The lowest BCUT2D eigenvalue weighted by molar-refractivity contribution is -0.146. The van der Waals surface area contributed by atoms with E-state index in [-0.39, 0.29) is 13.1 Å². The molecule has 8 nitrogen and oxygen atoms in total. The normalized spacial score (nSPS) is 11.9. The molecule has 0 bridgehead atoms. The van der Waals surface area contributed by atoms with Crippen LogP contribution in [-0.4, -0.2) is 45.1 Å². The molecule has 1 heterocycles. The maximum atomic E-state index is 11.2. The van der Waals surface area contributed by atoms with Gasteiger partial charge in [-0.15, -0.1) is 0 Å². The number of carbonyl (C=O) groups is 2. The quantitative estimate of drug-likeness (QED) is 0.451. The average Bonchev–Trinajstić information content (AvgIpc) is 2.68. The van der Waals surface area contributed by atoms with Gasteiger partial charge in [0.15, 0.2) is 6.10 Å². The summed E-state index contributed by atoms with van der Waals surface area (Å²) in [5.74, 6) is -1.38. The third kappa shape index (κ3) is 4.11. The molecule has 0 spiro atoms. The van der Waals surface area contributed by atoms with E-state index >= 15 is 0 Å². The molecule has 2 amide bonds. The van der Waals surface area contributed by atoms with Crippen LogP contribution in [0.15, 0.2) is 6.20 Å². The second-order valence-corrected chi connectivity index (χ2v) is 3.44. The van der Waals surface area contributed by atoms with Gasteiger partial charge in [0.2, 0.25) is 0 Å². The minimum absolute atomic E-state index is 0.275. The smallest absolute Gasteiger partial charge is 0.334 e. The highest BCUT2D eigenvalue weighted by atomic mass is 16.4. The molecule has 0 fully saturated rings. The summed E-state index contributed by atoms with van der Waals surface area (Å²) in [6, 6.07) is -0.550. The van der Waals surface area contributed by atoms with Crippen molar-refractivity contribution in [2.24, 2.45) is 0 Å². The number of amides is 2. The fourth-order valence-corrected chi connectivity index (χ4v) is 1.07. The second-order valence-electron chi connectivity index (χ2n) is 3.44. The number of aryl methyl sites for hydroxylation is 1. The molecule has 0 aliphatic carbocycles. The summed E-state index contributed by atoms with van der Waals surface area (Å²) in [7, 11) is 0. The van der Waals surface area contributed by atoms with E-state index < -0.39 is 18.1 Å². The topological polar surface area (TPSA) is 127 Å². The van der Waals surface area contributed by atoms with Gasteiger partial charge in [-0.1, -0.05) is 0 Å². The standard InChI is InChI=1S/C9H14N4O4/c1-5-6(3-12-13-5)2-10-9(17)11-4-7(14)8(15)16/h3,7,14H,2,4H2,1H3,(H,12,13)(H,15,16)(H2,10,11,17)/t7-/m0/s1. The van der Waals surface area contributed by atoms with Crippen LogP contribution in [0.2, 0.25) is 0 Å². The predicted molar refractivity (Wildman–Crippen MR) is 57.2 cm³/mol. The van der Waals surface area contributed by atoms with Gasteiger partial charge in [-0.05, 0) is 6.92 Å². The fourth-order valence-electron chi connectivity index (χ4n) is 1.07. The first-order valence-corrected chi connectivity index (χ1v) is 4.92. The van der Waals surface area contributed by atoms with Crippen molar-refractivity contribution >= 4 is 12.0 Å². The van der Waals surface area contributed by atoms with E-state index in [4.69, 9.17) is 10.2 Å². The van der Waals surface area contributed by atoms with E-state index in [9.17, 15) is 9.59 Å². The molecule has 17 heavy (non-hydrogen) atoms. The van der Waals surface area contributed by atoms with Gasteiger partial charge in [0.25, 0.3) is 0 Å². The molecular formula is C9H14N4O4. The van der Waals surface area contributed by atoms with Crippen LogP contribution in [0.25, 0.3) is 0 Å². The molecule has 0 aromatic carbocycles. The average molecular weight is 242 g/mol. The van der Waals surface area contributed by atoms with Crippen LogP contribution in [0.3, 0.4) is 0 Å². The van der Waals surface area contributed by atoms with Crippen LogP contribution in [0.5, 0.6) is 0 Å². The Balaban J connectivity index is 2.27. The number of carboxylic acids is 1. The lowest BCUT2D eigenvalue weighted by atomic mass is 10.3. The van der Waals surface area contributed by atoms with Gasteiger partial charge in [-0.2, -0.15) is 5.10 Å². The van der Waals surface area contributed by atoms with Crippen molar-refractivity contribution in [1.82, 2.24) is 20.8 Å². The molecule has 1 aromatic heterocycles. The monoisotopic (exact) mass is 242 g/mol. The van der Waals surface area contributed by atoms with Crippen molar-refractivity contribution in [3.05, 3.63) is 17.5 Å². The number of carboxylic acid groups (broad SMARTS) is 1. The lowest BCUT2D eigenvalue weighted by Crippen LogP contribution is -2.41. The number of H-pyrrole nitrogens is 1. The Morgan fingerprint density at radius 1 is 1.53 bits per heavy atom. The minimum Gasteiger partial charge on any atom is -0.479 e. The van der Waals surface area contributed by atoms with Crippen LogP contribution in [0, 0.1) is 6.92 Å². The molecule has 0 aliphatic heterocycles. The van der Waals surface area contributed by atoms with Gasteiger partial charge in [0.05, 0.1) is 12.7 Å². The minimum atomic E-state index is -1.60. The number of aliphatic carboxylic acids is 1. The van der Waals surface area contributed by atoms with Gasteiger partial charge >= 0.3 is 12.0 Å². The third-order valence-corrected chi connectivity index (χ3v) is 2.11. The number of hydrogen-bond acceptors (Lipinski definition) is 4. The molecule has 8 heteroatoms. The number of carbonyl (C=O) groups excluding carboxylic acids is 1. The van der Waals surface area contributed by atoms with Crippen LogP contribution in [0.4, 0.5) is 4.79 Å². The molecule has 0 aliphatic rings. The number of aromatic amines is 1. The lowest BCUT2D eigenvalue weighted by Gasteiger charge is -2.08. The highest BCUT2D eigenvalue weighted by Crippen LogP contribution is 2.00. The first kappa shape index (κ1) is 13.0. The number of hydrogen-bond donors (Lipinski definition) is 5. The highest BCUT2D eigenvalue weighted by molar-refractivity contribution is 5.76. The molecule has 0 unspecified atom stereocenters. The van der Waals surface area contributed by atoms with Gasteiger partial charge in [-0.3, -0.25) is 5.10 Å². The number of urea groups is 1. The van der Waals surface area contributed by atoms with Crippen molar-refractivity contribution in [1.29, 1.82) is 0 Å². The Morgan fingerprint density at radius 2 is 2.24 bits per heavy atom. The molecule has 5 N–H and O–H groups in total. The van der Waals surface area contributed by atoms with E-state index in [1.165, 1.54) is 0 Å². The third-order valence-electron chi connectivity index (χ3n) is 2.11. The van der Waals surface area contributed by atoms with E-state index in [1.807, 2.05) is 6.92 Å². The van der Waals surface area contributed by atoms with Crippen molar-refractivity contribution < 1.29 is 19.8 Å². The first-order valence-electron chi connectivity index (χ1n) is 4.92. The molecule has 0 saturated carbocycles. The van der Waals surface area contributed by atoms with Gasteiger partial charge in [0, 0.05) is 17.8 Å². The Morgan fingerprint density at radius 3 is 2.76 bits per heavy atom. The van der Waals surface area contributed by atoms with E-state index in [1.54, 1.807) is 6.20 Å². The Kier molecular flexibility index (Phi) is 4.46. The van der Waals surface area contributed by atoms with Gasteiger partial charge < -0.3 is 20.8 Å². The van der Waals surface area contributed by atoms with Gasteiger partial charge in [-0.25, -0.2) is 9.59 Å². The SMILES string of the molecule is Cc1[nH]ncc1CNC(=O)NC[C@H](O)C(=O)O. The molecule has 1 aromatic rings. The molecule has 94 valence electrons. The number of nitrogens with zero attached hydrogens (tertiary/aromatic N) is 1. The Bertz CT molecular complexity index is 403.